The van der Waals surface area contributed by atoms with Crippen LogP contribution in [0.3, 0.4) is 0 Å². The standard InChI is InChI=1S/C38H40N4S2/c1-37(2)25-23-30-26(24-29(25)39(5)33(37)19-13-21-35-41(7)27-15-9-11-17-31(27)43-35)38(3,4)34(40(30)6)20-14-22-36-42(8)28-16-10-12-18-32(28)44-36/h9-24H,1-8H3/q+2. The van der Waals surface area contributed by atoms with E-state index in [1.165, 1.54) is 64.3 Å². The molecule has 0 spiro atoms. The Morgan fingerprint density at radius 2 is 1.00 bits per heavy atom. The van der Waals surface area contributed by atoms with Gasteiger partial charge in [-0.1, -0.05) is 86.8 Å². The maximum absolute atomic E-state index is 2.44. The minimum Gasteiger partial charge on any atom is -0.347 e. The van der Waals surface area contributed by atoms with Gasteiger partial charge in [-0.15, -0.1) is 0 Å². The average molecular weight is 617 g/mol. The Morgan fingerprint density at radius 1 is 0.614 bits per heavy atom. The molecular weight excluding hydrogens is 577 g/mol. The number of rotatable bonds is 4. The number of fused-ring (bicyclic) bond motifs is 4. The molecular formula is C38H40N4S2+2. The minimum absolute atomic E-state index is 0.112. The molecule has 4 heterocycles. The zero-order valence-electron chi connectivity index (χ0n) is 26.8. The van der Waals surface area contributed by atoms with Gasteiger partial charge in [0.25, 0.3) is 10.0 Å². The van der Waals surface area contributed by atoms with Crippen LogP contribution in [0.15, 0.2) is 96.4 Å². The highest BCUT2D eigenvalue weighted by atomic mass is 32.1. The predicted octanol–water partition coefficient (Wildman–Crippen LogP) is 8.41. The largest absolute Gasteiger partial charge is 0.347 e. The lowest BCUT2D eigenvalue weighted by Gasteiger charge is -2.25. The number of hydrogen-bond acceptors (Lipinski definition) is 4. The maximum Gasteiger partial charge on any atom is 0.262 e. The van der Waals surface area contributed by atoms with Gasteiger partial charge >= 0.3 is 0 Å². The number of hydrogen-bond donors (Lipinski definition) is 0. The zero-order chi connectivity index (χ0) is 31.0. The number of nitrogens with zero attached hydrogens (tertiary/aromatic N) is 4. The molecule has 0 radical (unpaired) electrons. The summed E-state index contributed by atoms with van der Waals surface area (Å²) in [5.41, 5.74) is 10.3. The van der Waals surface area contributed by atoms with E-state index in [2.05, 4.69) is 172 Å². The lowest BCUT2D eigenvalue weighted by molar-refractivity contribution is -0.642. The van der Waals surface area contributed by atoms with Crippen LogP contribution in [0.2, 0.25) is 0 Å². The number of aryl methyl sites for hydroxylation is 2. The van der Waals surface area contributed by atoms with Crippen LogP contribution in [0.25, 0.3) is 32.6 Å². The van der Waals surface area contributed by atoms with Gasteiger partial charge in [-0.3, -0.25) is 0 Å². The molecule has 0 bridgehead atoms. The molecule has 0 atom stereocenters. The monoisotopic (exact) mass is 616 g/mol. The Hall–Kier alpha value is -4.00. The molecule has 0 fully saturated rings. The van der Waals surface area contributed by atoms with Crippen molar-refractivity contribution in [1.82, 2.24) is 0 Å². The molecule has 222 valence electrons. The van der Waals surface area contributed by atoms with Gasteiger partial charge in [0.2, 0.25) is 11.0 Å². The Balaban J connectivity index is 1.20. The second-order valence-electron chi connectivity index (χ2n) is 13.0. The van der Waals surface area contributed by atoms with E-state index < -0.39 is 0 Å². The first-order valence-electron chi connectivity index (χ1n) is 15.2. The number of para-hydroxylation sites is 2. The number of benzene rings is 3. The zero-order valence-corrected chi connectivity index (χ0v) is 28.5. The van der Waals surface area contributed by atoms with Crippen molar-refractivity contribution < 1.29 is 9.13 Å². The van der Waals surface area contributed by atoms with Crippen molar-refractivity contribution in [3.8, 4) is 0 Å². The van der Waals surface area contributed by atoms with Crippen LogP contribution in [0, 0.1) is 0 Å². The fraction of sp³-hybridized carbons (Fsp3) is 0.263. The van der Waals surface area contributed by atoms with Gasteiger partial charge in [0.05, 0.1) is 0 Å². The average Bonchev–Trinajstić information content (AvgIpc) is 3.62. The highest BCUT2D eigenvalue weighted by Gasteiger charge is 2.44. The van der Waals surface area contributed by atoms with Gasteiger partial charge < -0.3 is 9.80 Å². The number of thiazole rings is 2. The lowest BCUT2D eigenvalue weighted by Crippen LogP contribution is -2.28. The van der Waals surface area contributed by atoms with Gasteiger partial charge in [-0.25, -0.2) is 0 Å². The first kappa shape index (κ1) is 28.8. The summed E-state index contributed by atoms with van der Waals surface area (Å²) in [5, 5.41) is 2.49. The third-order valence-corrected chi connectivity index (χ3v) is 12.1. The van der Waals surface area contributed by atoms with Gasteiger partial charge in [-0.05, 0) is 47.5 Å². The van der Waals surface area contributed by atoms with E-state index in [0.717, 1.165) is 0 Å². The smallest absolute Gasteiger partial charge is 0.262 e. The van der Waals surface area contributed by atoms with Crippen molar-refractivity contribution in [2.45, 2.75) is 38.5 Å². The van der Waals surface area contributed by atoms with Crippen molar-refractivity contribution in [2.75, 3.05) is 23.9 Å². The first-order valence-corrected chi connectivity index (χ1v) is 16.8. The molecule has 6 heteroatoms. The molecule has 44 heavy (non-hydrogen) atoms. The van der Waals surface area contributed by atoms with Crippen LogP contribution in [0.4, 0.5) is 11.4 Å². The highest BCUT2D eigenvalue weighted by molar-refractivity contribution is 7.19. The number of anilines is 2. The third kappa shape index (κ3) is 4.30. The molecule has 7 rings (SSSR count). The van der Waals surface area contributed by atoms with E-state index in [-0.39, 0.29) is 10.8 Å². The fourth-order valence-corrected chi connectivity index (χ4v) is 9.25. The van der Waals surface area contributed by atoms with Gasteiger partial charge in [0, 0.05) is 72.0 Å². The van der Waals surface area contributed by atoms with E-state index >= 15 is 0 Å². The van der Waals surface area contributed by atoms with E-state index in [9.17, 15) is 0 Å². The van der Waals surface area contributed by atoms with Crippen molar-refractivity contribution in [3.63, 3.8) is 0 Å². The summed E-state index contributed by atoms with van der Waals surface area (Å²) < 4.78 is 7.18. The van der Waals surface area contributed by atoms with Crippen LogP contribution in [-0.2, 0) is 24.9 Å². The van der Waals surface area contributed by atoms with Gasteiger partial charge in [-0.2, -0.15) is 9.13 Å². The van der Waals surface area contributed by atoms with E-state index in [1.807, 2.05) is 22.7 Å². The molecule has 0 saturated heterocycles. The van der Waals surface area contributed by atoms with Crippen LogP contribution < -0.4 is 18.9 Å². The molecule has 2 aromatic heterocycles. The molecule has 0 N–H and O–H groups in total. The van der Waals surface area contributed by atoms with E-state index in [1.54, 1.807) is 0 Å². The predicted molar refractivity (Wildman–Crippen MR) is 190 cm³/mol. The Labute approximate surface area is 268 Å². The van der Waals surface area contributed by atoms with Crippen molar-refractivity contribution >= 4 is 66.6 Å². The number of allylic oxidation sites excluding steroid dienone is 6. The van der Waals surface area contributed by atoms with Crippen molar-refractivity contribution in [3.05, 3.63) is 118 Å². The molecule has 5 aromatic rings. The first-order chi connectivity index (χ1) is 21.0. The topological polar surface area (TPSA) is 14.2 Å². The summed E-state index contributed by atoms with van der Waals surface area (Å²) in [6.07, 6.45) is 13.5. The molecule has 0 amide bonds. The number of aromatic nitrogens is 2. The molecule has 4 nitrogen and oxygen atoms in total. The van der Waals surface area contributed by atoms with Crippen LogP contribution in [-0.4, -0.2) is 14.1 Å². The van der Waals surface area contributed by atoms with Gasteiger partial charge in [0.1, 0.15) is 23.5 Å². The molecule has 0 saturated carbocycles. The molecule has 3 aromatic carbocycles. The summed E-state index contributed by atoms with van der Waals surface area (Å²) in [6.45, 7) is 9.41. The molecule has 0 unspecified atom stereocenters. The Morgan fingerprint density at radius 3 is 1.39 bits per heavy atom. The third-order valence-electron chi connectivity index (χ3n) is 9.72. The molecule has 0 aliphatic carbocycles. The van der Waals surface area contributed by atoms with E-state index in [4.69, 9.17) is 0 Å². The molecule has 2 aliphatic heterocycles. The minimum atomic E-state index is -0.112. The quantitative estimate of drug-likeness (QED) is 0.188. The van der Waals surface area contributed by atoms with Gasteiger partial charge in [0.15, 0.2) is 0 Å². The van der Waals surface area contributed by atoms with Crippen LogP contribution >= 0.6 is 22.7 Å². The summed E-state index contributed by atoms with van der Waals surface area (Å²) in [7, 11) is 8.73. The maximum atomic E-state index is 2.44. The van der Waals surface area contributed by atoms with Crippen LogP contribution in [0.1, 0.15) is 48.8 Å². The number of likely N-dealkylation sites (N-methyl/N-ethyl adjacent to an activating group) is 2. The van der Waals surface area contributed by atoms with Crippen molar-refractivity contribution in [2.24, 2.45) is 14.1 Å². The fourth-order valence-electron chi connectivity index (χ4n) is 7.12. The van der Waals surface area contributed by atoms with E-state index in [0.29, 0.717) is 0 Å². The lowest BCUT2D eigenvalue weighted by atomic mass is 9.80. The summed E-state index contributed by atoms with van der Waals surface area (Å²) in [6, 6.07) is 22.1. The summed E-state index contributed by atoms with van der Waals surface area (Å²) in [4.78, 5) is 4.79. The Kier molecular flexibility index (Phi) is 6.72. The Bertz CT molecular complexity index is 1930. The summed E-state index contributed by atoms with van der Waals surface area (Å²) >= 11 is 3.66. The summed E-state index contributed by atoms with van der Waals surface area (Å²) in [5.74, 6) is 0. The highest BCUT2D eigenvalue weighted by Crippen LogP contribution is 2.55. The van der Waals surface area contributed by atoms with Crippen LogP contribution in [0.5, 0.6) is 0 Å². The normalized spacial score (nSPS) is 19.1. The SMILES string of the molecule is CN1/C(=C\C=C\c2sc3ccccc3[n+]2C)C(C)(C)c2cc3c(cc21)C(C)(C)/C(=C\C=C\c1sc2ccccc2[n+]1C)N3C. The van der Waals surface area contributed by atoms with Crippen molar-refractivity contribution in [1.29, 1.82) is 0 Å². The second kappa shape index (κ2) is 10.3. The second-order valence-corrected chi connectivity index (χ2v) is 15.1. The molecule has 2 aliphatic rings.